The van der Waals surface area contributed by atoms with Crippen LogP contribution >= 0.6 is 0 Å². The van der Waals surface area contributed by atoms with E-state index in [-0.39, 0.29) is 0 Å². The molecule has 0 amide bonds. The fraction of sp³-hybridized carbons (Fsp3) is 0.385. The van der Waals surface area contributed by atoms with Crippen molar-refractivity contribution < 1.29 is 9.90 Å². The predicted octanol–water partition coefficient (Wildman–Crippen LogP) is 2.27. The summed E-state index contributed by atoms with van der Waals surface area (Å²) in [5.41, 5.74) is 1.30. The van der Waals surface area contributed by atoms with E-state index in [1.54, 1.807) is 12.4 Å². The minimum absolute atomic E-state index is 0.669. The third-order valence-electron chi connectivity index (χ3n) is 2.21. The van der Waals surface area contributed by atoms with Crippen molar-refractivity contribution in [3.05, 3.63) is 30.1 Å². The molecule has 0 bridgehead atoms. The highest BCUT2D eigenvalue weighted by atomic mass is 16.4. The minimum atomic E-state index is -1.04. The van der Waals surface area contributed by atoms with Gasteiger partial charge in [0.15, 0.2) is 0 Å². The summed E-state index contributed by atoms with van der Waals surface area (Å²) in [6.07, 6.45) is 8.47. The van der Waals surface area contributed by atoms with Gasteiger partial charge < -0.3 is 5.11 Å². The summed E-state index contributed by atoms with van der Waals surface area (Å²) >= 11 is 0. The van der Waals surface area contributed by atoms with Crippen molar-refractivity contribution in [3.63, 3.8) is 0 Å². The molecule has 0 aliphatic carbocycles. The number of aromatic nitrogens is 1. The number of nitrogens with zero attached hydrogens (tertiary/aromatic N) is 1. The quantitative estimate of drug-likeness (QED) is 0.608. The standard InChI is InChI=1S/C13H15NO2/c15-13(16)7-5-3-1-2-4-6-12-8-10-14-11-9-12/h8-11H,1-4,6H2,(H,15,16). The molecule has 0 saturated carbocycles. The van der Waals surface area contributed by atoms with Crippen LogP contribution in [0.4, 0.5) is 0 Å². The summed E-state index contributed by atoms with van der Waals surface area (Å²) in [7, 11) is 0. The fourth-order valence-electron chi connectivity index (χ4n) is 1.41. The van der Waals surface area contributed by atoms with Crippen LogP contribution in [0.25, 0.3) is 0 Å². The number of carboxylic acids is 1. The summed E-state index contributed by atoms with van der Waals surface area (Å²) in [6, 6.07) is 4.04. The number of aliphatic carboxylic acids is 1. The summed E-state index contributed by atoms with van der Waals surface area (Å²) in [5, 5.41) is 8.29. The third kappa shape index (κ3) is 5.82. The van der Waals surface area contributed by atoms with Crippen LogP contribution < -0.4 is 0 Å². The van der Waals surface area contributed by atoms with Gasteiger partial charge in [0.1, 0.15) is 0 Å². The zero-order valence-electron chi connectivity index (χ0n) is 9.15. The number of hydrogen-bond acceptors (Lipinski definition) is 2. The van der Waals surface area contributed by atoms with Gasteiger partial charge in [-0.15, -0.1) is 0 Å². The maximum Gasteiger partial charge on any atom is 0.381 e. The molecule has 0 aliphatic rings. The predicted molar refractivity (Wildman–Crippen MR) is 61.8 cm³/mol. The van der Waals surface area contributed by atoms with Gasteiger partial charge in [-0.25, -0.2) is 4.79 Å². The van der Waals surface area contributed by atoms with Gasteiger partial charge in [-0.05, 0) is 37.0 Å². The van der Waals surface area contributed by atoms with Gasteiger partial charge in [-0.2, -0.15) is 0 Å². The Morgan fingerprint density at radius 2 is 2.00 bits per heavy atom. The van der Waals surface area contributed by atoms with Crippen LogP contribution in [0.15, 0.2) is 24.5 Å². The van der Waals surface area contributed by atoms with Crippen LogP contribution in [0, 0.1) is 11.8 Å². The van der Waals surface area contributed by atoms with E-state index >= 15 is 0 Å². The van der Waals surface area contributed by atoms with Gasteiger partial charge in [0.2, 0.25) is 0 Å². The molecule has 0 spiro atoms. The molecule has 3 nitrogen and oxygen atoms in total. The lowest BCUT2D eigenvalue weighted by molar-refractivity contribution is -0.130. The Morgan fingerprint density at radius 1 is 1.25 bits per heavy atom. The smallest absolute Gasteiger partial charge is 0.381 e. The first-order valence-corrected chi connectivity index (χ1v) is 5.40. The molecule has 0 unspecified atom stereocenters. The van der Waals surface area contributed by atoms with Gasteiger partial charge in [-0.3, -0.25) is 4.98 Å². The fourth-order valence-corrected chi connectivity index (χ4v) is 1.41. The second-order valence-corrected chi connectivity index (χ2v) is 3.52. The maximum atomic E-state index is 10.1. The number of rotatable bonds is 5. The molecule has 1 aromatic heterocycles. The van der Waals surface area contributed by atoms with Crippen molar-refractivity contribution in [2.24, 2.45) is 0 Å². The zero-order chi connectivity index (χ0) is 11.6. The van der Waals surface area contributed by atoms with E-state index in [1.165, 1.54) is 5.56 Å². The van der Waals surface area contributed by atoms with E-state index < -0.39 is 5.97 Å². The van der Waals surface area contributed by atoms with Crippen LogP contribution in [0.5, 0.6) is 0 Å². The molecule has 0 atom stereocenters. The van der Waals surface area contributed by atoms with Crippen molar-refractivity contribution in [1.29, 1.82) is 0 Å². The zero-order valence-corrected chi connectivity index (χ0v) is 9.15. The molecule has 0 aromatic carbocycles. The van der Waals surface area contributed by atoms with Crippen LogP contribution in [-0.2, 0) is 11.2 Å². The van der Waals surface area contributed by atoms with E-state index in [0.717, 1.165) is 25.7 Å². The average molecular weight is 217 g/mol. The molecule has 0 aliphatic heterocycles. The third-order valence-corrected chi connectivity index (χ3v) is 2.21. The molecule has 0 saturated heterocycles. The number of carbonyl (C=O) groups is 1. The first-order valence-electron chi connectivity index (χ1n) is 5.40. The first-order chi connectivity index (χ1) is 7.79. The second-order valence-electron chi connectivity index (χ2n) is 3.52. The molecule has 3 heteroatoms. The number of pyridine rings is 1. The number of carboxylic acid groups (broad SMARTS) is 1. The highest BCUT2D eigenvalue weighted by Crippen LogP contribution is 2.06. The lowest BCUT2D eigenvalue weighted by atomic mass is 10.1. The summed E-state index contributed by atoms with van der Waals surface area (Å²) in [5.74, 6) is 3.69. The summed E-state index contributed by atoms with van der Waals surface area (Å²) in [6.45, 7) is 0. The Morgan fingerprint density at radius 3 is 2.69 bits per heavy atom. The van der Waals surface area contributed by atoms with Crippen molar-refractivity contribution >= 4 is 5.97 Å². The number of unbranched alkanes of at least 4 members (excludes halogenated alkanes) is 3. The van der Waals surface area contributed by atoms with Gasteiger partial charge in [-0.1, -0.05) is 12.3 Å². The molecule has 1 N–H and O–H groups in total. The van der Waals surface area contributed by atoms with E-state index in [2.05, 4.69) is 16.8 Å². The SMILES string of the molecule is O=C(O)C#CCCCCCc1ccncc1. The molecule has 84 valence electrons. The monoisotopic (exact) mass is 217 g/mol. The van der Waals surface area contributed by atoms with Crippen LogP contribution in [0.3, 0.4) is 0 Å². The largest absolute Gasteiger partial charge is 0.472 e. The first kappa shape index (κ1) is 12.3. The molecule has 0 fully saturated rings. The molecule has 16 heavy (non-hydrogen) atoms. The molecular formula is C13H15NO2. The highest BCUT2D eigenvalue weighted by Gasteiger charge is 1.92. The second kappa shape index (κ2) is 7.47. The molecule has 1 aromatic rings. The molecule has 1 rings (SSSR count). The Balaban J connectivity index is 2.05. The number of hydrogen-bond donors (Lipinski definition) is 1. The van der Waals surface area contributed by atoms with E-state index in [4.69, 9.17) is 5.11 Å². The van der Waals surface area contributed by atoms with Gasteiger partial charge in [0.05, 0.1) is 0 Å². The Labute approximate surface area is 95.5 Å². The van der Waals surface area contributed by atoms with Crippen LogP contribution in [0.1, 0.15) is 31.2 Å². The molecule has 1 heterocycles. The van der Waals surface area contributed by atoms with E-state index in [0.29, 0.717) is 6.42 Å². The van der Waals surface area contributed by atoms with Crippen LogP contribution in [-0.4, -0.2) is 16.1 Å². The topological polar surface area (TPSA) is 50.2 Å². The molecule has 0 radical (unpaired) electrons. The summed E-state index contributed by atoms with van der Waals surface area (Å²) in [4.78, 5) is 14.1. The van der Waals surface area contributed by atoms with E-state index in [9.17, 15) is 4.79 Å². The highest BCUT2D eigenvalue weighted by molar-refractivity contribution is 5.86. The van der Waals surface area contributed by atoms with Crippen LogP contribution in [0.2, 0.25) is 0 Å². The van der Waals surface area contributed by atoms with Crippen molar-refractivity contribution in [1.82, 2.24) is 4.98 Å². The van der Waals surface area contributed by atoms with Gasteiger partial charge in [0.25, 0.3) is 0 Å². The van der Waals surface area contributed by atoms with E-state index in [1.807, 2.05) is 12.1 Å². The summed E-state index contributed by atoms with van der Waals surface area (Å²) < 4.78 is 0. The van der Waals surface area contributed by atoms with Gasteiger partial charge in [0, 0.05) is 24.7 Å². The Kier molecular flexibility index (Phi) is 5.72. The molecular weight excluding hydrogens is 202 g/mol. The van der Waals surface area contributed by atoms with Crippen molar-refractivity contribution in [2.45, 2.75) is 32.1 Å². The van der Waals surface area contributed by atoms with Crippen molar-refractivity contribution in [2.75, 3.05) is 0 Å². The lowest BCUT2D eigenvalue weighted by Gasteiger charge is -1.99. The average Bonchev–Trinajstić information content (AvgIpc) is 2.29. The lowest BCUT2D eigenvalue weighted by Crippen LogP contribution is -1.87. The Bertz CT molecular complexity index is 376. The minimum Gasteiger partial charge on any atom is -0.472 e. The number of aryl methyl sites for hydroxylation is 1. The van der Waals surface area contributed by atoms with Crippen molar-refractivity contribution in [3.8, 4) is 11.8 Å². The van der Waals surface area contributed by atoms with Gasteiger partial charge >= 0.3 is 5.97 Å². The Hall–Kier alpha value is -1.82. The maximum absolute atomic E-state index is 10.1. The normalized spacial score (nSPS) is 9.25.